The van der Waals surface area contributed by atoms with Crippen LogP contribution < -0.4 is 19.5 Å². The van der Waals surface area contributed by atoms with Gasteiger partial charge in [0, 0.05) is 17.4 Å². The number of nitrogens with zero attached hydrogens (tertiary/aromatic N) is 1. The Kier molecular flexibility index (Phi) is 4.68. The van der Waals surface area contributed by atoms with Gasteiger partial charge in [-0.3, -0.25) is 10.1 Å². The third kappa shape index (κ3) is 3.46. The Bertz CT molecular complexity index is 999. The number of fused-ring (bicyclic) bond motifs is 1. The van der Waals surface area contributed by atoms with Crippen LogP contribution in [0, 0.1) is 0 Å². The van der Waals surface area contributed by atoms with Crippen LogP contribution in [0.4, 0.5) is 5.13 Å². The summed E-state index contributed by atoms with van der Waals surface area (Å²) in [5.41, 5.74) is 3.41. The molecule has 0 radical (unpaired) electrons. The number of nitrogens with one attached hydrogen (secondary N) is 1. The second kappa shape index (κ2) is 7.28. The van der Waals surface area contributed by atoms with Crippen molar-refractivity contribution in [2.45, 2.75) is 6.42 Å². The molecule has 0 bridgehead atoms. The van der Waals surface area contributed by atoms with E-state index in [0.717, 1.165) is 30.0 Å². The van der Waals surface area contributed by atoms with E-state index in [0.29, 0.717) is 22.2 Å². The van der Waals surface area contributed by atoms with E-state index in [2.05, 4.69) is 16.4 Å². The first-order valence-electron chi connectivity index (χ1n) is 8.43. The van der Waals surface area contributed by atoms with Crippen LogP contribution in [0.25, 0.3) is 11.3 Å². The van der Waals surface area contributed by atoms with Crippen LogP contribution in [0.1, 0.15) is 15.9 Å². The topological polar surface area (TPSA) is 69.7 Å². The minimum atomic E-state index is -0.297. The summed E-state index contributed by atoms with van der Waals surface area (Å²) in [5.74, 6) is 1.70. The molecule has 4 rings (SSSR count). The van der Waals surface area contributed by atoms with Crippen molar-refractivity contribution in [3.05, 3.63) is 52.9 Å². The van der Waals surface area contributed by atoms with E-state index in [4.69, 9.17) is 14.2 Å². The number of hydrogen-bond acceptors (Lipinski definition) is 6. The number of aromatic nitrogens is 1. The Morgan fingerprint density at radius 2 is 2.07 bits per heavy atom. The Hall–Kier alpha value is -3.06. The molecule has 1 aliphatic heterocycles. The highest BCUT2D eigenvalue weighted by molar-refractivity contribution is 7.14. The largest absolute Gasteiger partial charge is 0.497 e. The zero-order valence-corrected chi connectivity index (χ0v) is 15.8. The Morgan fingerprint density at radius 1 is 1.19 bits per heavy atom. The van der Waals surface area contributed by atoms with Crippen molar-refractivity contribution >= 4 is 22.4 Å². The predicted octanol–water partition coefficient (Wildman–Crippen LogP) is 4.01. The van der Waals surface area contributed by atoms with Gasteiger partial charge in [-0.15, -0.1) is 11.3 Å². The molecule has 2 heterocycles. The number of hydrogen-bond donors (Lipinski definition) is 1. The summed E-state index contributed by atoms with van der Waals surface area (Å²) in [6.07, 6.45) is 0.909. The van der Waals surface area contributed by atoms with Crippen LogP contribution in [0.2, 0.25) is 0 Å². The highest BCUT2D eigenvalue weighted by atomic mass is 32.1. The SMILES string of the molecule is COc1ccc(OC)c(C(=O)Nc2nc(-c3ccc4c(c3)CCO4)cs2)c1. The summed E-state index contributed by atoms with van der Waals surface area (Å²) < 4.78 is 16.0. The Balaban J connectivity index is 1.55. The molecule has 0 spiro atoms. The maximum atomic E-state index is 12.7. The molecule has 1 amide bonds. The normalized spacial score (nSPS) is 12.2. The van der Waals surface area contributed by atoms with Crippen LogP contribution >= 0.6 is 11.3 Å². The van der Waals surface area contributed by atoms with Gasteiger partial charge < -0.3 is 14.2 Å². The minimum Gasteiger partial charge on any atom is -0.497 e. The lowest BCUT2D eigenvalue weighted by molar-refractivity contribution is 0.102. The standard InChI is InChI=1S/C20H18N2O4S/c1-24-14-4-6-18(25-2)15(10-14)19(23)22-20-21-16(11-27-20)12-3-5-17-13(9-12)7-8-26-17/h3-6,9-11H,7-8H2,1-2H3,(H,21,22,23). The van der Waals surface area contributed by atoms with Gasteiger partial charge in [0.2, 0.25) is 0 Å². The Labute approximate surface area is 160 Å². The first kappa shape index (κ1) is 17.4. The number of methoxy groups -OCH3 is 2. The van der Waals surface area contributed by atoms with E-state index < -0.39 is 0 Å². The van der Waals surface area contributed by atoms with Crippen molar-refractivity contribution in [1.82, 2.24) is 4.98 Å². The molecule has 0 atom stereocenters. The van der Waals surface area contributed by atoms with Crippen molar-refractivity contribution in [3.63, 3.8) is 0 Å². The summed E-state index contributed by atoms with van der Waals surface area (Å²) in [5, 5.41) is 5.29. The maximum absolute atomic E-state index is 12.7. The van der Waals surface area contributed by atoms with Gasteiger partial charge in [0.05, 0.1) is 32.1 Å². The third-order valence-corrected chi connectivity index (χ3v) is 5.12. The first-order valence-corrected chi connectivity index (χ1v) is 9.31. The molecule has 0 aliphatic carbocycles. The molecule has 0 saturated heterocycles. The lowest BCUT2D eigenvalue weighted by Gasteiger charge is -2.09. The molecule has 7 heteroatoms. The van der Waals surface area contributed by atoms with Crippen molar-refractivity contribution in [2.75, 3.05) is 26.1 Å². The van der Waals surface area contributed by atoms with Gasteiger partial charge in [-0.1, -0.05) is 0 Å². The van der Waals surface area contributed by atoms with E-state index in [9.17, 15) is 4.79 Å². The molecule has 0 fully saturated rings. The molecule has 0 unspecified atom stereocenters. The highest BCUT2D eigenvalue weighted by Crippen LogP contribution is 2.32. The van der Waals surface area contributed by atoms with Crippen LogP contribution in [0.5, 0.6) is 17.2 Å². The molecular formula is C20H18N2O4S. The highest BCUT2D eigenvalue weighted by Gasteiger charge is 2.17. The molecule has 3 aromatic rings. The van der Waals surface area contributed by atoms with E-state index >= 15 is 0 Å². The molecule has 2 aromatic carbocycles. The van der Waals surface area contributed by atoms with E-state index in [1.165, 1.54) is 24.0 Å². The molecular weight excluding hydrogens is 364 g/mol. The van der Waals surface area contributed by atoms with Gasteiger partial charge in [-0.2, -0.15) is 0 Å². The number of rotatable bonds is 5. The zero-order valence-electron chi connectivity index (χ0n) is 14.9. The number of benzene rings is 2. The summed E-state index contributed by atoms with van der Waals surface area (Å²) in [7, 11) is 3.08. The smallest absolute Gasteiger partial charge is 0.261 e. The molecule has 6 nitrogen and oxygen atoms in total. The predicted molar refractivity (Wildman–Crippen MR) is 104 cm³/mol. The van der Waals surface area contributed by atoms with E-state index in [-0.39, 0.29) is 5.91 Å². The van der Waals surface area contributed by atoms with Gasteiger partial charge in [-0.25, -0.2) is 4.98 Å². The lowest BCUT2D eigenvalue weighted by Crippen LogP contribution is -2.13. The van der Waals surface area contributed by atoms with Crippen molar-refractivity contribution < 1.29 is 19.0 Å². The first-order chi connectivity index (χ1) is 13.2. The number of carbonyl (C=O) groups is 1. The van der Waals surface area contributed by atoms with E-state index in [1.54, 1.807) is 25.3 Å². The second-order valence-electron chi connectivity index (χ2n) is 5.98. The number of thiazole rings is 1. The summed E-state index contributed by atoms with van der Waals surface area (Å²) in [6.45, 7) is 0.722. The molecule has 138 valence electrons. The second-order valence-corrected chi connectivity index (χ2v) is 6.84. The van der Waals surface area contributed by atoms with Crippen LogP contribution in [0.3, 0.4) is 0 Å². The molecule has 1 N–H and O–H groups in total. The molecule has 27 heavy (non-hydrogen) atoms. The van der Waals surface area contributed by atoms with Gasteiger partial charge in [0.25, 0.3) is 5.91 Å². The number of amides is 1. The lowest BCUT2D eigenvalue weighted by atomic mass is 10.1. The molecule has 0 saturated carbocycles. The van der Waals surface area contributed by atoms with Crippen molar-refractivity contribution in [2.24, 2.45) is 0 Å². The fraction of sp³-hybridized carbons (Fsp3) is 0.200. The molecule has 1 aliphatic rings. The number of ether oxygens (including phenoxy) is 3. The fourth-order valence-corrected chi connectivity index (χ4v) is 3.68. The van der Waals surface area contributed by atoms with Gasteiger partial charge in [0.15, 0.2) is 5.13 Å². The average Bonchev–Trinajstić information content (AvgIpc) is 3.36. The van der Waals surface area contributed by atoms with Gasteiger partial charge >= 0.3 is 0 Å². The Morgan fingerprint density at radius 3 is 2.89 bits per heavy atom. The summed E-state index contributed by atoms with van der Waals surface area (Å²) in [4.78, 5) is 17.2. The van der Waals surface area contributed by atoms with Gasteiger partial charge in [-0.05, 0) is 42.0 Å². The van der Waals surface area contributed by atoms with Gasteiger partial charge in [0.1, 0.15) is 17.2 Å². The van der Waals surface area contributed by atoms with E-state index in [1.807, 2.05) is 17.5 Å². The summed E-state index contributed by atoms with van der Waals surface area (Å²) in [6, 6.07) is 11.1. The van der Waals surface area contributed by atoms with Crippen molar-refractivity contribution in [1.29, 1.82) is 0 Å². The zero-order chi connectivity index (χ0) is 18.8. The number of carbonyl (C=O) groups excluding carboxylic acids is 1. The quantitative estimate of drug-likeness (QED) is 0.722. The summed E-state index contributed by atoms with van der Waals surface area (Å²) >= 11 is 1.38. The van der Waals surface area contributed by atoms with Crippen LogP contribution in [-0.2, 0) is 6.42 Å². The van der Waals surface area contributed by atoms with Crippen molar-refractivity contribution in [3.8, 4) is 28.5 Å². The monoisotopic (exact) mass is 382 g/mol. The fourth-order valence-electron chi connectivity index (χ4n) is 2.97. The van der Waals surface area contributed by atoms with Crippen LogP contribution in [-0.4, -0.2) is 31.7 Å². The number of anilines is 1. The minimum absolute atomic E-state index is 0.297. The third-order valence-electron chi connectivity index (χ3n) is 4.36. The average molecular weight is 382 g/mol. The van der Waals surface area contributed by atoms with Crippen LogP contribution in [0.15, 0.2) is 41.8 Å². The molecule has 1 aromatic heterocycles. The maximum Gasteiger partial charge on any atom is 0.261 e.